The Hall–Kier alpha value is -2.17. The van der Waals surface area contributed by atoms with Crippen molar-refractivity contribution in [2.75, 3.05) is 5.32 Å². The van der Waals surface area contributed by atoms with E-state index in [0.717, 1.165) is 5.39 Å². The lowest BCUT2D eigenvalue weighted by molar-refractivity contribution is 0.102. The lowest BCUT2D eigenvalue weighted by Crippen LogP contribution is -2.15. The van der Waals surface area contributed by atoms with Crippen molar-refractivity contribution in [1.82, 2.24) is 4.98 Å². The van der Waals surface area contributed by atoms with Crippen LogP contribution in [0.15, 0.2) is 54.7 Å². The van der Waals surface area contributed by atoms with E-state index in [-0.39, 0.29) is 28.8 Å². The van der Waals surface area contributed by atoms with Crippen molar-refractivity contribution in [1.29, 1.82) is 0 Å². The van der Waals surface area contributed by atoms with Crippen LogP contribution < -0.4 is 5.32 Å². The first kappa shape index (κ1) is 16.2. The van der Waals surface area contributed by atoms with Crippen LogP contribution in [-0.2, 0) is 0 Å². The van der Waals surface area contributed by atoms with Gasteiger partial charge in [-0.05, 0) is 23.6 Å². The molecule has 0 atom stereocenters. The Balaban J connectivity index is 0.00000176. The number of hydrogen-bond acceptors (Lipinski definition) is 2. The van der Waals surface area contributed by atoms with E-state index in [1.807, 2.05) is 24.3 Å². The van der Waals surface area contributed by atoms with E-state index in [1.165, 1.54) is 18.2 Å². The molecule has 0 aliphatic heterocycles. The Labute approximate surface area is 137 Å². The highest BCUT2D eigenvalue weighted by Gasteiger charge is 2.15. The molecule has 1 amide bonds. The molecule has 0 spiro atoms. The summed E-state index contributed by atoms with van der Waals surface area (Å²) in [5.74, 6) is -1.09. The second-order valence-electron chi connectivity index (χ2n) is 4.43. The number of nitrogens with one attached hydrogen (secondary N) is 1. The van der Waals surface area contributed by atoms with Crippen LogP contribution in [0.2, 0.25) is 5.02 Å². The van der Waals surface area contributed by atoms with Gasteiger partial charge in [0.1, 0.15) is 11.5 Å². The predicted molar refractivity (Wildman–Crippen MR) is 88.4 cm³/mol. The number of nitrogens with zero attached hydrogens (tertiary/aromatic N) is 1. The molecular formula is C16H11Cl2FN2O. The van der Waals surface area contributed by atoms with Crippen molar-refractivity contribution in [2.45, 2.75) is 0 Å². The third kappa shape index (κ3) is 3.03. The van der Waals surface area contributed by atoms with Crippen LogP contribution >= 0.6 is 24.0 Å². The lowest BCUT2D eigenvalue weighted by Gasteiger charge is -2.09. The molecule has 0 bridgehead atoms. The number of halogens is 3. The average molecular weight is 337 g/mol. The molecule has 0 aliphatic rings. The second-order valence-corrected chi connectivity index (χ2v) is 4.84. The van der Waals surface area contributed by atoms with Crippen LogP contribution in [0, 0.1) is 5.82 Å². The maximum atomic E-state index is 13.7. The molecule has 0 unspecified atom stereocenters. The predicted octanol–water partition coefficient (Wildman–Crippen LogP) is 4.70. The van der Waals surface area contributed by atoms with Gasteiger partial charge in [0, 0.05) is 11.6 Å². The number of benzene rings is 2. The molecule has 2 aromatic carbocycles. The molecule has 1 N–H and O–H groups in total. The third-order valence-corrected chi connectivity index (χ3v) is 3.40. The van der Waals surface area contributed by atoms with Crippen LogP contribution in [0.4, 0.5) is 10.1 Å². The molecule has 1 heterocycles. The fourth-order valence-corrected chi connectivity index (χ4v) is 2.30. The minimum Gasteiger partial charge on any atom is -0.317 e. The summed E-state index contributed by atoms with van der Waals surface area (Å²) in [6, 6.07) is 13.4. The first-order valence-corrected chi connectivity index (χ1v) is 6.64. The van der Waals surface area contributed by atoms with E-state index in [2.05, 4.69) is 10.3 Å². The fourth-order valence-electron chi connectivity index (χ4n) is 2.09. The molecule has 0 fully saturated rings. The highest BCUT2D eigenvalue weighted by atomic mass is 35.5. The molecule has 22 heavy (non-hydrogen) atoms. The molecule has 1 aromatic heterocycles. The van der Waals surface area contributed by atoms with E-state index < -0.39 is 11.7 Å². The minimum atomic E-state index is -0.587. The van der Waals surface area contributed by atoms with Crippen molar-refractivity contribution < 1.29 is 9.18 Å². The molecule has 0 radical (unpaired) electrons. The summed E-state index contributed by atoms with van der Waals surface area (Å²) in [5.41, 5.74) is 0.186. The summed E-state index contributed by atoms with van der Waals surface area (Å²) >= 11 is 5.90. The standard InChI is InChI=1S/C16H10ClFN2O.ClH/c17-12-6-3-7-13(18)15(12)20-16(21)14-11-5-2-1-4-10(11)8-9-19-14;/h1-9H,(H,20,21);1H. The molecule has 0 aliphatic carbocycles. The summed E-state index contributed by atoms with van der Waals surface area (Å²) in [5, 5.41) is 4.21. The number of rotatable bonds is 2. The zero-order valence-corrected chi connectivity index (χ0v) is 12.8. The second kappa shape index (κ2) is 6.73. The third-order valence-electron chi connectivity index (χ3n) is 3.09. The van der Waals surface area contributed by atoms with Gasteiger partial charge in [-0.1, -0.05) is 41.9 Å². The van der Waals surface area contributed by atoms with Gasteiger partial charge in [-0.2, -0.15) is 0 Å². The van der Waals surface area contributed by atoms with Gasteiger partial charge in [0.25, 0.3) is 5.91 Å². The monoisotopic (exact) mass is 336 g/mol. The summed E-state index contributed by atoms with van der Waals surface area (Å²) in [6.45, 7) is 0. The summed E-state index contributed by atoms with van der Waals surface area (Å²) in [7, 11) is 0. The van der Waals surface area contributed by atoms with Crippen LogP contribution in [0.5, 0.6) is 0 Å². The van der Waals surface area contributed by atoms with Crippen molar-refractivity contribution in [2.24, 2.45) is 0 Å². The number of fused-ring (bicyclic) bond motifs is 1. The van der Waals surface area contributed by atoms with Crippen molar-refractivity contribution in [3.63, 3.8) is 0 Å². The van der Waals surface area contributed by atoms with Gasteiger partial charge < -0.3 is 5.32 Å². The maximum absolute atomic E-state index is 13.7. The number of para-hydroxylation sites is 1. The molecule has 0 saturated carbocycles. The van der Waals surface area contributed by atoms with Gasteiger partial charge in [-0.3, -0.25) is 9.78 Å². The van der Waals surface area contributed by atoms with Crippen LogP contribution in [0.25, 0.3) is 10.8 Å². The van der Waals surface area contributed by atoms with Crippen LogP contribution in [-0.4, -0.2) is 10.9 Å². The Morgan fingerprint density at radius 3 is 2.64 bits per heavy atom. The Morgan fingerprint density at radius 1 is 1.09 bits per heavy atom. The van der Waals surface area contributed by atoms with Gasteiger partial charge >= 0.3 is 0 Å². The number of carbonyl (C=O) groups is 1. The minimum absolute atomic E-state index is 0. The molecule has 3 aromatic rings. The van der Waals surface area contributed by atoms with E-state index in [0.29, 0.717) is 5.39 Å². The smallest absolute Gasteiger partial charge is 0.275 e. The zero-order valence-electron chi connectivity index (χ0n) is 11.2. The van der Waals surface area contributed by atoms with E-state index in [4.69, 9.17) is 11.6 Å². The van der Waals surface area contributed by atoms with Gasteiger partial charge in [0.05, 0.1) is 10.7 Å². The van der Waals surface area contributed by atoms with Crippen molar-refractivity contribution >= 4 is 46.4 Å². The quantitative estimate of drug-likeness (QED) is 0.736. The van der Waals surface area contributed by atoms with Crippen LogP contribution in [0.1, 0.15) is 10.5 Å². The first-order chi connectivity index (χ1) is 10.2. The highest BCUT2D eigenvalue weighted by Crippen LogP contribution is 2.26. The number of pyridine rings is 1. The van der Waals surface area contributed by atoms with Gasteiger partial charge in [0.15, 0.2) is 0 Å². The van der Waals surface area contributed by atoms with E-state index >= 15 is 0 Å². The molecular weight excluding hydrogens is 326 g/mol. The Morgan fingerprint density at radius 2 is 1.86 bits per heavy atom. The highest BCUT2D eigenvalue weighted by molar-refractivity contribution is 6.34. The van der Waals surface area contributed by atoms with Crippen molar-refractivity contribution in [3.8, 4) is 0 Å². The Kier molecular flexibility index (Phi) is 4.96. The molecule has 0 saturated heterocycles. The maximum Gasteiger partial charge on any atom is 0.275 e. The number of hydrogen-bond donors (Lipinski definition) is 1. The number of aromatic nitrogens is 1. The normalized spacial score (nSPS) is 10.1. The number of carbonyl (C=O) groups excluding carboxylic acids is 1. The first-order valence-electron chi connectivity index (χ1n) is 6.26. The number of anilines is 1. The van der Waals surface area contributed by atoms with Crippen LogP contribution in [0.3, 0.4) is 0 Å². The summed E-state index contributed by atoms with van der Waals surface area (Å²) in [4.78, 5) is 16.4. The Bertz CT molecular complexity index is 814. The molecule has 6 heteroatoms. The van der Waals surface area contributed by atoms with Gasteiger partial charge in [0.2, 0.25) is 0 Å². The summed E-state index contributed by atoms with van der Waals surface area (Å²) < 4.78 is 13.7. The van der Waals surface area contributed by atoms with Crippen molar-refractivity contribution in [3.05, 3.63) is 71.3 Å². The number of amides is 1. The zero-order chi connectivity index (χ0) is 14.8. The fraction of sp³-hybridized carbons (Fsp3) is 0. The van der Waals surface area contributed by atoms with E-state index in [1.54, 1.807) is 12.3 Å². The average Bonchev–Trinajstić information content (AvgIpc) is 2.50. The largest absolute Gasteiger partial charge is 0.317 e. The lowest BCUT2D eigenvalue weighted by atomic mass is 10.1. The van der Waals surface area contributed by atoms with Gasteiger partial charge in [-0.15, -0.1) is 12.4 Å². The van der Waals surface area contributed by atoms with Gasteiger partial charge in [-0.25, -0.2) is 4.39 Å². The molecule has 112 valence electrons. The molecule has 3 nitrogen and oxygen atoms in total. The van der Waals surface area contributed by atoms with E-state index in [9.17, 15) is 9.18 Å². The topological polar surface area (TPSA) is 42.0 Å². The molecule has 3 rings (SSSR count). The summed E-state index contributed by atoms with van der Waals surface area (Å²) in [6.07, 6.45) is 1.54. The SMILES string of the molecule is Cl.O=C(Nc1c(F)cccc1Cl)c1nccc2ccccc12.